The molecule has 1 heterocycles. The van der Waals surface area contributed by atoms with Gasteiger partial charge in [-0.25, -0.2) is 4.79 Å². The zero-order chi connectivity index (χ0) is 21.0. The summed E-state index contributed by atoms with van der Waals surface area (Å²) in [6.07, 6.45) is 2.12. The summed E-state index contributed by atoms with van der Waals surface area (Å²) < 4.78 is 0. The Hall–Kier alpha value is -2.78. The molecular formula is C26H27ClN2O. The van der Waals surface area contributed by atoms with Crippen LogP contribution in [0.1, 0.15) is 30.9 Å². The van der Waals surface area contributed by atoms with Crippen LogP contribution in [0.4, 0.5) is 4.79 Å². The van der Waals surface area contributed by atoms with Crippen LogP contribution >= 0.6 is 11.6 Å². The fraction of sp³-hybridized carbons (Fsp3) is 0.269. The van der Waals surface area contributed by atoms with Crippen LogP contribution in [0.3, 0.4) is 0 Å². The third-order valence-electron chi connectivity index (χ3n) is 6.04. The van der Waals surface area contributed by atoms with Crippen molar-refractivity contribution in [2.45, 2.75) is 31.7 Å². The highest BCUT2D eigenvalue weighted by Crippen LogP contribution is 2.33. The molecule has 0 spiro atoms. The van der Waals surface area contributed by atoms with E-state index in [9.17, 15) is 4.79 Å². The lowest BCUT2D eigenvalue weighted by Crippen LogP contribution is -2.50. The fourth-order valence-electron chi connectivity index (χ4n) is 4.28. The van der Waals surface area contributed by atoms with Gasteiger partial charge in [0.15, 0.2) is 0 Å². The molecule has 1 saturated heterocycles. The van der Waals surface area contributed by atoms with Crippen molar-refractivity contribution in [3.8, 4) is 11.1 Å². The van der Waals surface area contributed by atoms with Crippen LogP contribution in [0, 0.1) is 0 Å². The molecule has 4 rings (SSSR count). The van der Waals surface area contributed by atoms with E-state index in [1.54, 1.807) is 0 Å². The first-order valence-corrected chi connectivity index (χ1v) is 10.9. The number of amides is 2. The van der Waals surface area contributed by atoms with Gasteiger partial charge in [0, 0.05) is 35.6 Å². The van der Waals surface area contributed by atoms with E-state index in [4.69, 9.17) is 11.6 Å². The smallest absolute Gasteiger partial charge is 0.317 e. The monoisotopic (exact) mass is 418 g/mol. The summed E-state index contributed by atoms with van der Waals surface area (Å²) in [6.45, 7) is 4.32. The van der Waals surface area contributed by atoms with Crippen molar-refractivity contribution >= 4 is 17.6 Å². The Morgan fingerprint density at radius 1 is 1.00 bits per heavy atom. The standard InChI is InChI=1S/C26H27ClN2O/c1-26(22-8-3-2-4-9-22)16-7-17-29(19-26)25(30)28-18-20-12-14-21(15-13-20)23-10-5-6-11-24(23)27/h2-6,8-15H,7,16-19H2,1H3,(H,28,30). The maximum absolute atomic E-state index is 12.8. The number of rotatable bonds is 4. The van der Waals surface area contributed by atoms with Crippen molar-refractivity contribution < 1.29 is 4.79 Å². The zero-order valence-electron chi connectivity index (χ0n) is 17.3. The lowest BCUT2D eigenvalue weighted by atomic mass is 9.76. The van der Waals surface area contributed by atoms with Crippen LogP contribution in [0.2, 0.25) is 5.02 Å². The molecule has 3 aromatic carbocycles. The maximum Gasteiger partial charge on any atom is 0.317 e. The lowest BCUT2D eigenvalue weighted by molar-refractivity contribution is 0.155. The van der Waals surface area contributed by atoms with E-state index in [1.807, 2.05) is 47.4 Å². The van der Waals surface area contributed by atoms with Gasteiger partial charge in [-0.1, -0.05) is 91.3 Å². The minimum atomic E-state index is 0.00652. The highest BCUT2D eigenvalue weighted by atomic mass is 35.5. The quantitative estimate of drug-likeness (QED) is 0.532. The molecule has 0 saturated carbocycles. The van der Waals surface area contributed by atoms with Crippen LogP contribution in [-0.4, -0.2) is 24.0 Å². The SMILES string of the molecule is CC1(c2ccccc2)CCCN(C(=O)NCc2ccc(-c3ccccc3Cl)cc2)C1. The average molecular weight is 419 g/mol. The molecule has 0 aromatic heterocycles. The molecule has 1 unspecified atom stereocenters. The number of nitrogens with zero attached hydrogens (tertiary/aromatic N) is 1. The molecule has 0 bridgehead atoms. The number of carbonyl (C=O) groups is 1. The van der Waals surface area contributed by atoms with E-state index in [0.717, 1.165) is 47.6 Å². The summed E-state index contributed by atoms with van der Waals surface area (Å²) in [5, 5.41) is 3.83. The molecule has 2 amide bonds. The molecule has 0 radical (unpaired) electrons. The highest BCUT2D eigenvalue weighted by Gasteiger charge is 2.34. The number of carbonyl (C=O) groups excluding carboxylic acids is 1. The van der Waals surface area contributed by atoms with Gasteiger partial charge >= 0.3 is 6.03 Å². The molecule has 1 atom stereocenters. The predicted octanol–water partition coefficient (Wildman–Crippen LogP) is 6.27. The van der Waals surface area contributed by atoms with Gasteiger partial charge in [-0.05, 0) is 35.6 Å². The molecule has 1 aliphatic heterocycles. The number of hydrogen-bond donors (Lipinski definition) is 1. The first kappa shape index (κ1) is 20.5. The second-order valence-electron chi connectivity index (χ2n) is 8.29. The third kappa shape index (κ3) is 4.52. The van der Waals surface area contributed by atoms with Gasteiger partial charge in [-0.15, -0.1) is 0 Å². The number of likely N-dealkylation sites (tertiary alicyclic amines) is 1. The maximum atomic E-state index is 12.8. The van der Waals surface area contributed by atoms with Crippen molar-refractivity contribution in [1.29, 1.82) is 0 Å². The fourth-order valence-corrected chi connectivity index (χ4v) is 4.52. The average Bonchev–Trinajstić information content (AvgIpc) is 2.79. The van der Waals surface area contributed by atoms with Crippen molar-refractivity contribution in [2.75, 3.05) is 13.1 Å². The molecule has 3 aromatic rings. The predicted molar refractivity (Wildman–Crippen MR) is 124 cm³/mol. The Balaban J connectivity index is 1.37. The van der Waals surface area contributed by atoms with Crippen molar-refractivity contribution in [3.63, 3.8) is 0 Å². The van der Waals surface area contributed by atoms with Gasteiger partial charge in [0.25, 0.3) is 0 Å². The minimum absolute atomic E-state index is 0.00652. The van der Waals surface area contributed by atoms with Gasteiger partial charge in [0.05, 0.1) is 0 Å². The Morgan fingerprint density at radius 3 is 2.43 bits per heavy atom. The van der Waals surface area contributed by atoms with E-state index in [2.05, 4.69) is 48.6 Å². The van der Waals surface area contributed by atoms with Crippen molar-refractivity contribution in [1.82, 2.24) is 10.2 Å². The van der Waals surface area contributed by atoms with Crippen LogP contribution < -0.4 is 5.32 Å². The van der Waals surface area contributed by atoms with Gasteiger partial charge in [0.1, 0.15) is 0 Å². The molecule has 1 aliphatic rings. The Morgan fingerprint density at radius 2 is 1.70 bits per heavy atom. The Labute approximate surface area is 183 Å². The molecule has 1 N–H and O–H groups in total. The highest BCUT2D eigenvalue weighted by molar-refractivity contribution is 6.33. The van der Waals surface area contributed by atoms with Crippen LogP contribution in [-0.2, 0) is 12.0 Å². The largest absolute Gasteiger partial charge is 0.334 e. The van der Waals surface area contributed by atoms with Crippen LogP contribution in [0.15, 0.2) is 78.9 Å². The summed E-state index contributed by atoms with van der Waals surface area (Å²) in [5.74, 6) is 0. The van der Waals surface area contributed by atoms with Gasteiger partial charge < -0.3 is 10.2 Å². The molecule has 0 aliphatic carbocycles. The summed E-state index contributed by atoms with van der Waals surface area (Å²) in [7, 11) is 0. The van der Waals surface area contributed by atoms with Crippen molar-refractivity contribution in [3.05, 3.63) is 95.0 Å². The molecule has 30 heavy (non-hydrogen) atoms. The number of urea groups is 1. The van der Waals surface area contributed by atoms with E-state index >= 15 is 0 Å². The van der Waals surface area contributed by atoms with E-state index in [-0.39, 0.29) is 11.4 Å². The molecular weight excluding hydrogens is 392 g/mol. The molecule has 3 nitrogen and oxygen atoms in total. The first-order chi connectivity index (χ1) is 14.5. The van der Waals surface area contributed by atoms with Crippen LogP contribution in [0.25, 0.3) is 11.1 Å². The zero-order valence-corrected chi connectivity index (χ0v) is 18.0. The van der Waals surface area contributed by atoms with E-state index in [1.165, 1.54) is 5.56 Å². The minimum Gasteiger partial charge on any atom is -0.334 e. The first-order valence-electron chi connectivity index (χ1n) is 10.5. The summed E-state index contributed by atoms with van der Waals surface area (Å²) >= 11 is 6.29. The molecule has 154 valence electrons. The molecule has 1 fully saturated rings. The van der Waals surface area contributed by atoms with E-state index in [0.29, 0.717) is 6.54 Å². The number of piperidine rings is 1. The number of benzene rings is 3. The second kappa shape index (κ2) is 8.93. The summed E-state index contributed by atoms with van der Waals surface area (Å²) in [5.41, 5.74) is 4.47. The Bertz CT molecular complexity index is 1000. The van der Waals surface area contributed by atoms with Crippen LogP contribution in [0.5, 0.6) is 0 Å². The number of hydrogen-bond acceptors (Lipinski definition) is 1. The number of nitrogens with one attached hydrogen (secondary N) is 1. The van der Waals surface area contributed by atoms with E-state index < -0.39 is 0 Å². The third-order valence-corrected chi connectivity index (χ3v) is 6.37. The summed E-state index contributed by atoms with van der Waals surface area (Å²) in [6, 6.07) is 26.5. The topological polar surface area (TPSA) is 32.3 Å². The van der Waals surface area contributed by atoms with Gasteiger partial charge in [0.2, 0.25) is 0 Å². The lowest BCUT2D eigenvalue weighted by Gasteiger charge is -2.41. The summed E-state index contributed by atoms with van der Waals surface area (Å²) in [4.78, 5) is 14.8. The van der Waals surface area contributed by atoms with Gasteiger partial charge in [-0.2, -0.15) is 0 Å². The Kier molecular flexibility index (Phi) is 6.10. The number of halogens is 1. The van der Waals surface area contributed by atoms with Crippen molar-refractivity contribution in [2.24, 2.45) is 0 Å². The van der Waals surface area contributed by atoms with Gasteiger partial charge in [-0.3, -0.25) is 0 Å². The normalized spacial score (nSPS) is 18.8. The second-order valence-corrected chi connectivity index (χ2v) is 8.69. The molecule has 4 heteroatoms.